The minimum Gasteiger partial charge on any atom is -0.206 e. The monoisotopic (exact) mass is 492 g/mol. The Balaban J connectivity index is 1.47. The summed E-state index contributed by atoms with van der Waals surface area (Å²) in [6.07, 6.45) is -0.905. The lowest BCUT2D eigenvalue weighted by molar-refractivity contribution is -0.140. The molecule has 0 aliphatic carbocycles. The predicted molar refractivity (Wildman–Crippen MR) is 134 cm³/mol. The lowest BCUT2D eigenvalue weighted by Gasteiger charge is -2.10. The molecule has 0 aromatic heterocycles. The molecule has 0 bridgehead atoms. The number of halogens is 5. The van der Waals surface area contributed by atoms with E-state index < -0.39 is 17.6 Å². The van der Waals surface area contributed by atoms with Gasteiger partial charge in [-0.2, -0.15) is 13.2 Å². The van der Waals surface area contributed by atoms with Crippen LogP contribution in [0.1, 0.15) is 53.1 Å². The first-order valence-corrected chi connectivity index (χ1v) is 11.9. The highest BCUT2D eigenvalue weighted by Gasteiger charge is 2.33. The van der Waals surface area contributed by atoms with E-state index in [1.165, 1.54) is 11.6 Å². The van der Waals surface area contributed by atoms with Crippen molar-refractivity contribution >= 4 is 10.8 Å². The molecule has 0 saturated heterocycles. The fourth-order valence-electron chi connectivity index (χ4n) is 4.11. The molecule has 0 saturated carbocycles. The van der Waals surface area contributed by atoms with Crippen molar-refractivity contribution in [2.24, 2.45) is 0 Å². The van der Waals surface area contributed by atoms with Crippen LogP contribution in [0, 0.1) is 23.5 Å². The maximum atomic E-state index is 15.1. The molecule has 0 nitrogen and oxygen atoms in total. The fraction of sp³-hybridized carbons (Fsp3) is 0.226. The van der Waals surface area contributed by atoms with Gasteiger partial charge in [-0.1, -0.05) is 61.6 Å². The fourth-order valence-corrected chi connectivity index (χ4v) is 4.11. The third-order valence-corrected chi connectivity index (χ3v) is 6.18. The minimum atomic E-state index is -4.74. The van der Waals surface area contributed by atoms with Crippen molar-refractivity contribution in [1.82, 2.24) is 0 Å². The van der Waals surface area contributed by atoms with Crippen LogP contribution in [0.3, 0.4) is 0 Å². The lowest BCUT2D eigenvalue weighted by Crippen LogP contribution is -2.08. The molecule has 4 rings (SSSR count). The molecule has 4 aromatic carbocycles. The summed E-state index contributed by atoms with van der Waals surface area (Å²) in [7, 11) is 0. The number of fused-ring (bicyclic) bond motifs is 1. The van der Waals surface area contributed by atoms with E-state index in [0.717, 1.165) is 42.5 Å². The van der Waals surface area contributed by atoms with Gasteiger partial charge in [-0.05, 0) is 84.2 Å². The number of hydrogen-bond donors (Lipinski definition) is 0. The molecule has 0 heterocycles. The topological polar surface area (TPSA) is 0 Å². The molecule has 0 spiro atoms. The number of aryl methyl sites for hydroxylation is 3. The minimum absolute atomic E-state index is 0.221. The third-order valence-electron chi connectivity index (χ3n) is 6.18. The number of unbranched alkanes of at least 4 members (excludes halogenated alkanes) is 1. The number of benzene rings is 4. The summed E-state index contributed by atoms with van der Waals surface area (Å²) < 4.78 is 67.2. The molecule has 0 radical (unpaired) electrons. The second-order valence-corrected chi connectivity index (χ2v) is 8.84. The van der Waals surface area contributed by atoms with Crippen LogP contribution < -0.4 is 0 Å². The molecule has 0 aliphatic rings. The van der Waals surface area contributed by atoms with E-state index in [0.29, 0.717) is 21.9 Å². The zero-order valence-corrected chi connectivity index (χ0v) is 19.9. The summed E-state index contributed by atoms with van der Waals surface area (Å²) in [5.41, 5.74) is 2.48. The molecule has 4 aromatic rings. The highest BCUT2D eigenvalue weighted by Crippen LogP contribution is 2.32. The average molecular weight is 493 g/mol. The van der Waals surface area contributed by atoms with Gasteiger partial charge < -0.3 is 0 Å². The number of hydrogen-bond acceptors (Lipinski definition) is 0. The summed E-state index contributed by atoms with van der Waals surface area (Å²) in [6, 6.07) is 19.8. The molecule has 0 amide bonds. The Labute approximate surface area is 207 Å². The van der Waals surface area contributed by atoms with E-state index in [9.17, 15) is 17.6 Å². The van der Waals surface area contributed by atoms with Gasteiger partial charge in [-0.25, -0.2) is 8.78 Å². The lowest BCUT2D eigenvalue weighted by atomic mass is 9.98. The van der Waals surface area contributed by atoms with E-state index in [2.05, 4.69) is 30.9 Å². The number of alkyl halides is 3. The first-order chi connectivity index (χ1) is 17.2. The van der Waals surface area contributed by atoms with Crippen molar-refractivity contribution in [3.8, 4) is 11.8 Å². The van der Waals surface area contributed by atoms with Gasteiger partial charge in [-0.15, -0.1) is 0 Å². The molecule has 0 unspecified atom stereocenters. The van der Waals surface area contributed by atoms with Crippen LogP contribution in [0.4, 0.5) is 22.0 Å². The van der Waals surface area contributed by atoms with Crippen molar-refractivity contribution < 1.29 is 22.0 Å². The van der Waals surface area contributed by atoms with Crippen LogP contribution >= 0.6 is 0 Å². The molecular weight excluding hydrogens is 467 g/mol. The summed E-state index contributed by atoms with van der Waals surface area (Å²) in [4.78, 5) is 0. The molecule has 0 N–H and O–H groups in total. The second kappa shape index (κ2) is 11.0. The van der Waals surface area contributed by atoms with Crippen LogP contribution in [0.2, 0.25) is 0 Å². The molecule has 184 valence electrons. The van der Waals surface area contributed by atoms with Crippen LogP contribution in [0.5, 0.6) is 0 Å². The Bertz CT molecular complexity index is 1420. The highest BCUT2D eigenvalue weighted by atomic mass is 19.4. The molecular formula is C31H25F5. The van der Waals surface area contributed by atoms with E-state index in [-0.39, 0.29) is 18.7 Å². The Morgan fingerprint density at radius 1 is 0.694 bits per heavy atom. The van der Waals surface area contributed by atoms with Gasteiger partial charge in [0.25, 0.3) is 0 Å². The van der Waals surface area contributed by atoms with E-state index in [4.69, 9.17) is 0 Å². The van der Waals surface area contributed by atoms with Crippen LogP contribution in [0.25, 0.3) is 10.8 Å². The summed E-state index contributed by atoms with van der Waals surface area (Å²) >= 11 is 0. The van der Waals surface area contributed by atoms with Gasteiger partial charge in [0.1, 0.15) is 11.6 Å². The maximum Gasteiger partial charge on any atom is 0.419 e. The Kier molecular flexibility index (Phi) is 7.74. The summed E-state index contributed by atoms with van der Waals surface area (Å²) in [6.45, 7) is 2.17. The molecule has 0 atom stereocenters. The van der Waals surface area contributed by atoms with E-state index in [1.54, 1.807) is 24.3 Å². The zero-order chi connectivity index (χ0) is 25.7. The van der Waals surface area contributed by atoms with Gasteiger partial charge in [0, 0.05) is 16.5 Å². The maximum absolute atomic E-state index is 15.1. The quantitative estimate of drug-likeness (QED) is 0.187. The summed E-state index contributed by atoms with van der Waals surface area (Å²) in [5.74, 6) is 4.57. The van der Waals surface area contributed by atoms with E-state index in [1.807, 2.05) is 18.2 Å². The van der Waals surface area contributed by atoms with Crippen LogP contribution in [0.15, 0.2) is 72.8 Å². The Hall–Kier alpha value is -3.65. The van der Waals surface area contributed by atoms with Crippen LogP contribution in [-0.4, -0.2) is 0 Å². The smallest absolute Gasteiger partial charge is 0.206 e. The average Bonchev–Trinajstić information content (AvgIpc) is 2.85. The van der Waals surface area contributed by atoms with Gasteiger partial charge in [0.2, 0.25) is 0 Å². The van der Waals surface area contributed by atoms with Crippen molar-refractivity contribution in [2.75, 3.05) is 0 Å². The molecule has 5 heteroatoms. The SMILES string of the molecule is CCCCc1ccc(C#Cc2ccc3c(F)c(CCc4ccc(C(F)(F)F)c(F)c4)ccc3c2)cc1. The van der Waals surface area contributed by atoms with Crippen molar-refractivity contribution in [3.63, 3.8) is 0 Å². The molecule has 36 heavy (non-hydrogen) atoms. The van der Waals surface area contributed by atoms with Gasteiger partial charge in [-0.3, -0.25) is 0 Å². The van der Waals surface area contributed by atoms with Gasteiger partial charge in [0.15, 0.2) is 0 Å². The van der Waals surface area contributed by atoms with Crippen LogP contribution in [-0.2, 0) is 25.4 Å². The summed E-state index contributed by atoms with van der Waals surface area (Å²) in [5, 5.41) is 1.15. The normalized spacial score (nSPS) is 11.4. The van der Waals surface area contributed by atoms with E-state index >= 15 is 4.39 Å². The predicted octanol–water partition coefficient (Wildman–Crippen LogP) is 8.66. The second-order valence-electron chi connectivity index (χ2n) is 8.84. The first kappa shape index (κ1) is 25.4. The Morgan fingerprint density at radius 2 is 1.39 bits per heavy atom. The third kappa shape index (κ3) is 6.12. The van der Waals surface area contributed by atoms with Crippen molar-refractivity contribution in [3.05, 3.63) is 118 Å². The molecule has 0 fully saturated rings. The standard InChI is InChI=1S/C31H25F5/c1-2-3-4-21-5-7-22(8-6-21)9-10-23-12-17-27-26(19-23)16-15-25(30(27)33)14-11-24-13-18-28(29(32)20-24)31(34,35)36/h5-8,12-13,15-20H,2-4,11,14H2,1H3. The largest absolute Gasteiger partial charge is 0.419 e. The molecule has 0 aliphatic heterocycles. The van der Waals surface area contributed by atoms with Crippen molar-refractivity contribution in [1.29, 1.82) is 0 Å². The first-order valence-electron chi connectivity index (χ1n) is 11.9. The van der Waals surface area contributed by atoms with Gasteiger partial charge >= 0.3 is 6.18 Å². The van der Waals surface area contributed by atoms with Crippen molar-refractivity contribution in [2.45, 2.75) is 45.2 Å². The Morgan fingerprint density at radius 3 is 2.08 bits per heavy atom. The zero-order valence-electron chi connectivity index (χ0n) is 19.9. The number of rotatable bonds is 6. The van der Waals surface area contributed by atoms with Gasteiger partial charge in [0.05, 0.1) is 5.56 Å². The highest BCUT2D eigenvalue weighted by molar-refractivity contribution is 5.85.